The van der Waals surface area contributed by atoms with E-state index < -0.39 is 18.2 Å². The SMILES string of the molecule is CC(=O)c1ccc(NC(=O)O[C@@H](CCCOC(=O)CS)c2ccc(OCCO)cc2)cc1. The number of hydrogen-bond donors (Lipinski definition) is 3. The van der Waals surface area contributed by atoms with Gasteiger partial charge in [0.2, 0.25) is 0 Å². The van der Waals surface area contributed by atoms with Gasteiger partial charge in [-0.05, 0) is 61.7 Å². The summed E-state index contributed by atoms with van der Waals surface area (Å²) in [7, 11) is 0. The fourth-order valence-corrected chi connectivity index (χ4v) is 2.89. The van der Waals surface area contributed by atoms with E-state index in [4.69, 9.17) is 19.3 Å². The Morgan fingerprint density at radius 2 is 1.72 bits per heavy atom. The fraction of sp³-hybridized carbons (Fsp3) is 0.348. The van der Waals surface area contributed by atoms with Gasteiger partial charge < -0.3 is 19.3 Å². The first-order chi connectivity index (χ1) is 15.4. The van der Waals surface area contributed by atoms with Gasteiger partial charge in [0.15, 0.2) is 5.78 Å². The number of nitrogens with one attached hydrogen (secondary N) is 1. The molecule has 1 atom stereocenters. The van der Waals surface area contributed by atoms with Crippen LogP contribution >= 0.6 is 12.6 Å². The summed E-state index contributed by atoms with van der Waals surface area (Å²) in [5, 5.41) is 11.5. The van der Waals surface area contributed by atoms with Crippen molar-refractivity contribution in [2.75, 3.05) is 30.9 Å². The van der Waals surface area contributed by atoms with Crippen LogP contribution in [-0.2, 0) is 14.3 Å². The number of thiol groups is 1. The lowest BCUT2D eigenvalue weighted by atomic mass is 10.0. The molecule has 0 heterocycles. The molecule has 8 nitrogen and oxygen atoms in total. The van der Waals surface area contributed by atoms with Gasteiger partial charge >= 0.3 is 12.1 Å². The Labute approximate surface area is 192 Å². The lowest BCUT2D eigenvalue weighted by Crippen LogP contribution is -2.18. The molecule has 9 heteroatoms. The van der Waals surface area contributed by atoms with E-state index in [9.17, 15) is 14.4 Å². The highest BCUT2D eigenvalue weighted by molar-refractivity contribution is 7.81. The highest BCUT2D eigenvalue weighted by atomic mass is 32.1. The second-order valence-electron chi connectivity index (χ2n) is 6.81. The lowest BCUT2D eigenvalue weighted by molar-refractivity contribution is -0.140. The molecule has 0 saturated heterocycles. The number of hydrogen-bond acceptors (Lipinski definition) is 8. The van der Waals surface area contributed by atoms with Crippen molar-refractivity contribution >= 4 is 36.2 Å². The minimum Gasteiger partial charge on any atom is -0.491 e. The predicted octanol–water partition coefficient (Wildman–Crippen LogP) is 3.80. The van der Waals surface area contributed by atoms with E-state index in [0.29, 0.717) is 29.8 Å². The third kappa shape index (κ3) is 8.60. The highest BCUT2D eigenvalue weighted by Gasteiger charge is 2.18. The Hall–Kier alpha value is -3.04. The van der Waals surface area contributed by atoms with Crippen LogP contribution in [-0.4, -0.2) is 48.5 Å². The largest absolute Gasteiger partial charge is 0.491 e. The highest BCUT2D eigenvalue weighted by Crippen LogP contribution is 2.26. The van der Waals surface area contributed by atoms with Crippen molar-refractivity contribution in [1.29, 1.82) is 0 Å². The van der Waals surface area contributed by atoms with Gasteiger partial charge in [-0.3, -0.25) is 14.9 Å². The molecule has 0 aromatic heterocycles. The number of carbonyl (C=O) groups is 3. The summed E-state index contributed by atoms with van der Waals surface area (Å²) in [5.41, 5.74) is 1.78. The van der Waals surface area contributed by atoms with Crippen LogP contribution in [0.2, 0.25) is 0 Å². The third-order valence-corrected chi connectivity index (χ3v) is 4.66. The molecule has 0 radical (unpaired) electrons. The Morgan fingerprint density at radius 3 is 2.31 bits per heavy atom. The smallest absolute Gasteiger partial charge is 0.412 e. The molecule has 0 unspecified atom stereocenters. The average molecular weight is 462 g/mol. The van der Waals surface area contributed by atoms with Crippen molar-refractivity contribution in [2.45, 2.75) is 25.9 Å². The van der Waals surface area contributed by atoms with Gasteiger partial charge in [0.1, 0.15) is 18.5 Å². The molecule has 172 valence electrons. The normalized spacial score (nSPS) is 11.3. The van der Waals surface area contributed by atoms with Gasteiger partial charge in [-0.15, -0.1) is 0 Å². The quantitative estimate of drug-likeness (QED) is 0.191. The molecule has 2 aromatic carbocycles. The molecule has 1 amide bonds. The number of esters is 1. The average Bonchev–Trinajstić information content (AvgIpc) is 2.80. The number of ketones is 1. The lowest BCUT2D eigenvalue weighted by Gasteiger charge is -2.19. The number of rotatable bonds is 12. The summed E-state index contributed by atoms with van der Waals surface area (Å²) in [5.74, 6) is 0.103. The summed E-state index contributed by atoms with van der Waals surface area (Å²) in [6, 6.07) is 13.5. The molecule has 2 aromatic rings. The minimum atomic E-state index is -0.654. The molecule has 32 heavy (non-hydrogen) atoms. The van der Waals surface area contributed by atoms with Crippen LogP contribution in [0.3, 0.4) is 0 Å². The number of aliphatic hydroxyl groups excluding tert-OH is 1. The van der Waals surface area contributed by atoms with Crippen LogP contribution in [0.25, 0.3) is 0 Å². The van der Waals surface area contributed by atoms with E-state index in [0.717, 1.165) is 5.56 Å². The van der Waals surface area contributed by atoms with Crippen molar-refractivity contribution in [3.8, 4) is 5.75 Å². The predicted molar refractivity (Wildman–Crippen MR) is 122 cm³/mol. The van der Waals surface area contributed by atoms with E-state index in [1.54, 1.807) is 48.5 Å². The summed E-state index contributed by atoms with van der Waals surface area (Å²) in [6.07, 6.45) is -0.340. The molecule has 2 N–H and O–H groups in total. The molecule has 0 spiro atoms. The number of aliphatic hydroxyl groups is 1. The molecule has 0 saturated carbocycles. The first kappa shape index (κ1) is 25.2. The van der Waals surface area contributed by atoms with Crippen LogP contribution in [0.5, 0.6) is 5.75 Å². The first-order valence-electron chi connectivity index (χ1n) is 10.1. The van der Waals surface area contributed by atoms with Crippen molar-refractivity contribution in [3.63, 3.8) is 0 Å². The van der Waals surface area contributed by atoms with Crippen LogP contribution < -0.4 is 10.1 Å². The standard InChI is InChI=1S/C23H27NO7S/c1-16(26)17-4-8-19(9-5-17)24-23(28)31-21(3-2-13-30-22(27)15-32)18-6-10-20(11-7-18)29-14-12-25/h4-11,21,25,32H,2-3,12-15H2,1H3,(H,24,28)/t21-/m0/s1. The number of carbonyl (C=O) groups excluding carboxylic acids is 3. The van der Waals surface area contributed by atoms with Gasteiger partial charge in [-0.1, -0.05) is 12.1 Å². The summed E-state index contributed by atoms with van der Waals surface area (Å²) >= 11 is 3.86. The number of benzene rings is 2. The molecule has 0 bridgehead atoms. The van der Waals surface area contributed by atoms with Gasteiger partial charge in [-0.2, -0.15) is 12.6 Å². The molecule has 0 fully saturated rings. The maximum absolute atomic E-state index is 12.5. The fourth-order valence-electron chi connectivity index (χ4n) is 2.80. The zero-order valence-corrected chi connectivity index (χ0v) is 18.7. The van der Waals surface area contributed by atoms with Crippen LogP contribution in [0.4, 0.5) is 10.5 Å². The topological polar surface area (TPSA) is 111 Å². The Kier molecular flexibility index (Phi) is 10.6. The monoisotopic (exact) mass is 461 g/mol. The number of anilines is 1. The number of amides is 1. The van der Waals surface area contributed by atoms with Crippen LogP contribution in [0.15, 0.2) is 48.5 Å². The molecule has 0 aliphatic carbocycles. The van der Waals surface area contributed by atoms with E-state index >= 15 is 0 Å². The molecular formula is C23H27NO7S. The molecular weight excluding hydrogens is 434 g/mol. The van der Waals surface area contributed by atoms with E-state index in [1.165, 1.54) is 6.92 Å². The maximum atomic E-state index is 12.5. The Morgan fingerprint density at radius 1 is 1.03 bits per heavy atom. The molecule has 2 rings (SSSR count). The van der Waals surface area contributed by atoms with Gasteiger partial charge in [0.05, 0.1) is 19.0 Å². The third-order valence-electron chi connectivity index (χ3n) is 4.40. The molecule has 0 aliphatic heterocycles. The van der Waals surface area contributed by atoms with Crippen molar-refractivity contribution < 1.29 is 33.7 Å². The van der Waals surface area contributed by atoms with Gasteiger partial charge in [0.25, 0.3) is 0 Å². The zero-order chi connectivity index (χ0) is 23.3. The van der Waals surface area contributed by atoms with E-state index in [-0.39, 0.29) is 31.4 Å². The first-order valence-corrected chi connectivity index (χ1v) is 10.7. The minimum absolute atomic E-state index is 0.0000545. The summed E-state index contributed by atoms with van der Waals surface area (Å²) < 4.78 is 16.0. The summed E-state index contributed by atoms with van der Waals surface area (Å²) in [4.78, 5) is 35.1. The number of Topliss-reactive ketones (excluding diaryl/α,β-unsaturated/α-hetero) is 1. The second kappa shape index (κ2) is 13.4. The van der Waals surface area contributed by atoms with Crippen molar-refractivity contribution in [2.24, 2.45) is 0 Å². The van der Waals surface area contributed by atoms with E-state index in [1.807, 2.05) is 0 Å². The van der Waals surface area contributed by atoms with E-state index in [2.05, 4.69) is 17.9 Å². The van der Waals surface area contributed by atoms with Crippen molar-refractivity contribution in [3.05, 3.63) is 59.7 Å². The molecule has 0 aliphatic rings. The second-order valence-corrected chi connectivity index (χ2v) is 7.13. The van der Waals surface area contributed by atoms with Crippen LogP contribution in [0.1, 0.15) is 41.8 Å². The Bertz CT molecular complexity index is 884. The zero-order valence-electron chi connectivity index (χ0n) is 17.8. The van der Waals surface area contributed by atoms with Crippen LogP contribution in [0, 0.1) is 0 Å². The maximum Gasteiger partial charge on any atom is 0.412 e. The van der Waals surface area contributed by atoms with Gasteiger partial charge in [-0.25, -0.2) is 4.79 Å². The van der Waals surface area contributed by atoms with Gasteiger partial charge in [0, 0.05) is 11.3 Å². The Balaban J connectivity index is 2.02. The summed E-state index contributed by atoms with van der Waals surface area (Å²) in [6.45, 7) is 1.74. The van der Waals surface area contributed by atoms with Crippen molar-refractivity contribution in [1.82, 2.24) is 0 Å². The number of ether oxygens (including phenoxy) is 3.